The Bertz CT molecular complexity index is 436. The van der Waals surface area contributed by atoms with Gasteiger partial charge in [-0.25, -0.2) is 0 Å². The van der Waals surface area contributed by atoms with Gasteiger partial charge < -0.3 is 10.2 Å². The van der Waals surface area contributed by atoms with E-state index in [2.05, 4.69) is 36.8 Å². The molecule has 0 bridgehead atoms. The lowest BCUT2D eigenvalue weighted by atomic mass is 9.94. The van der Waals surface area contributed by atoms with E-state index in [0.29, 0.717) is 11.5 Å². The first kappa shape index (κ1) is 13.4. The summed E-state index contributed by atoms with van der Waals surface area (Å²) in [4.78, 5) is 15.3. The molecule has 0 radical (unpaired) electrons. The summed E-state index contributed by atoms with van der Waals surface area (Å²) in [6.07, 6.45) is 1.02. The van der Waals surface area contributed by atoms with Gasteiger partial charge in [0, 0.05) is 23.0 Å². The van der Waals surface area contributed by atoms with Gasteiger partial charge in [0.15, 0.2) is 0 Å². The number of nitrogens with one attached hydrogen (secondary N) is 1. The summed E-state index contributed by atoms with van der Waals surface area (Å²) < 4.78 is 0. The molecule has 0 saturated carbocycles. The monoisotopic (exact) mass is 264 g/mol. The van der Waals surface area contributed by atoms with Gasteiger partial charge in [0.2, 0.25) is 0 Å². The lowest BCUT2D eigenvalue weighted by Crippen LogP contribution is -2.48. The van der Waals surface area contributed by atoms with Gasteiger partial charge in [-0.2, -0.15) is 0 Å². The molecular formula is C14H20N2OS. The van der Waals surface area contributed by atoms with Crippen molar-refractivity contribution in [2.45, 2.75) is 24.3 Å². The van der Waals surface area contributed by atoms with Crippen LogP contribution in [0.1, 0.15) is 23.7 Å². The van der Waals surface area contributed by atoms with Crippen LogP contribution in [0.3, 0.4) is 0 Å². The normalized spacial score (nSPS) is 24.8. The molecule has 1 saturated heterocycles. The number of carbonyl (C=O) groups is 1. The van der Waals surface area contributed by atoms with Gasteiger partial charge in [-0.05, 0) is 44.1 Å². The van der Waals surface area contributed by atoms with Crippen molar-refractivity contribution >= 4 is 18.5 Å². The zero-order valence-electron chi connectivity index (χ0n) is 10.9. The largest absolute Gasteiger partial charge is 0.349 e. The number of carbonyl (C=O) groups excluding carboxylic acids is 1. The lowest BCUT2D eigenvalue weighted by Gasteiger charge is -2.35. The Morgan fingerprint density at radius 1 is 1.50 bits per heavy atom. The highest BCUT2D eigenvalue weighted by Crippen LogP contribution is 2.16. The molecule has 0 spiro atoms. The molecule has 1 aromatic carbocycles. The number of likely N-dealkylation sites (tertiary alicyclic amines) is 1. The van der Waals surface area contributed by atoms with Gasteiger partial charge in [-0.3, -0.25) is 4.79 Å². The van der Waals surface area contributed by atoms with E-state index in [-0.39, 0.29) is 11.9 Å². The van der Waals surface area contributed by atoms with Crippen LogP contribution >= 0.6 is 12.6 Å². The van der Waals surface area contributed by atoms with Crippen LogP contribution in [0.15, 0.2) is 29.2 Å². The van der Waals surface area contributed by atoms with E-state index in [9.17, 15) is 4.79 Å². The molecular weight excluding hydrogens is 244 g/mol. The minimum Gasteiger partial charge on any atom is -0.349 e. The van der Waals surface area contributed by atoms with E-state index >= 15 is 0 Å². The number of benzene rings is 1. The Morgan fingerprint density at radius 2 is 2.28 bits per heavy atom. The number of thiol groups is 1. The smallest absolute Gasteiger partial charge is 0.251 e. The van der Waals surface area contributed by atoms with Gasteiger partial charge in [0.1, 0.15) is 0 Å². The molecule has 1 aromatic rings. The SMILES string of the molecule is CC1CN(C)CCC1NC(=O)c1cccc(S)c1. The minimum atomic E-state index is 0.00676. The zero-order valence-corrected chi connectivity index (χ0v) is 11.8. The van der Waals surface area contributed by atoms with Crippen LogP contribution in [0.25, 0.3) is 0 Å². The first-order valence-corrected chi connectivity index (χ1v) is 6.79. The van der Waals surface area contributed by atoms with Crippen LogP contribution in [-0.2, 0) is 0 Å². The Labute approximate surface area is 114 Å². The molecule has 2 unspecified atom stereocenters. The van der Waals surface area contributed by atoms with Crippen LogP contribution in [0, 0.1) is 5.92 Å². The first-order valence-electron chi connectivity index (χ1n) is 6.34. The van der Waals surface area contributed by atoms with Gasteiger partial charge in [-0.1, -0.05) is 13.0 Å². The summed E-state index contributed by atoms with van der Waals surface area (Å²) in [6.45, 7) is 4.27. The van der Waals surface area contributed by atoms with Crippen LogP contribution in [-0.4, -0.2) is 37.0 Å². The van der Waals surface area contributed by atoms with Crippen LogP contribution in [0.4, 0.5) is 0 Å². The van der Waals surface area contributed by atoms with Crippen molar-refractivity contribution in [1.82, 2.24) is 10.2 Å². The Hall–Kier alpha value is -1.00. The van der Waals surface area contributed by atoms with Crippen molar-refractivity contribution in [3.05, 3.63) is 29.8 Å². The molecule has 4 heteroatoms. The standard InChI is InChI=1S/C14H20N2OS/c1-10-9-16(2)7-6-13(10)15-14(17)11-4-3-5-12(18)8-11/h3-5,8,10,13,18H,6-7,9H2,1-2H3,(H,15,17). The maximum absolute atomic E-state index is 12.1. The average molecular weight is 264 g/mol. The predicted octanol–water partition coefficient (Wildman–Crippen LogP) is 2.05. The van der Waals surface area contributed by atoms with Crippen molar-refractivity contribution in [1.29, 1.82) is 0 Å². The average Bonchev–Trinajstić information content (AvgIpc) is 2.32. The summed E-state index contributed by atoms with van der Waals surface area (Å²) in [5.74, 6) is 0.499. The predicted molar refractivity (Wildman–Crippen MR) is 76.2 cm³/mol. The van der Waals surface area contributed by atoms with E-state index in [0.717, 1.165) is 24.4 Å². The summed E-state index contributed by atoms with van der Waals surface area (Å²) in [5, 5.41) is 3.13. The number of amides is 1. The lowest BCUT2D eigenvalue weighted by molar-refractivity contribution is 0.0883. The van der Waals surface area contributed by atoms with Crippen LogP contribution in [0.5, 0.6) is 0 Å². The van der Waals surface area contributed by atoms with E-state index in [1.165, 1.54) is 0 Å². The molecule has 1 amide bonds. The molecule has 18 heavy (non-hydrogen) atoms. The second-order valence-corrected chi connectivity index (χ2v) is 5.67. The molecule has 2 atom stereocenters. The molecule has 1 N–H and O–H groups in total. The highest BCUT2D eigenvalue weighted by molar-refractivity contribution is 7.80. The van der Waals surface area contributed by atoms with E-state index < -0.39 is 0 Å². The molecule has 3 nitrogen and oxygen atoms in total. The highest BCUT2D eigenvalue weighted by atomic mass is 32.1. The Morgan fingerprint density at radius 3 is 2.94 bits per heavy atom. The summed E-state index contributed by atoms with van der Waals surface area (Å²) in [6, 6.07) is 7.64. The molecule has 2 rings (SSSR count). The molecule has 0 aliphatic carbocycles. The molecule has 1 fully saturated rings. The fourth-order valence-electron chi connectivity index (χ4n) is 2.47. The number of hydrogen-bond donors (Lipinski definition) is 2. The third-order valence-corrected chi connectivity index (χ3v) is 3.81. The third kappa shape index (κ3) is 3.27. The third-order valence-electron chi connectivity index (χ3n) is 3.53. The van der Waals surface area contributed by atoms with Crippen LogP contribution < -0.4 is 5.32 Å². The van der Waals surface area contributed by atoms with Crippen molar-refractivity contribution in [3.8, 4) is 0 Å². The quantitative estimate of drug-likeness (QED) is 0.801. The fourth-order valence-corrected chi connectivity index (χ4v) is 2.69. The van der Waals surface area contributed by atoms with Gasteiger partial charge in [-0.15, -0.1) is 12.6 Å². The second-order valence-electron chi connectivity index (χ2n) is 5.16. The number of piperidine rings is 1. The number of nitrogens with zero attached hydrogens (tertiary/aromatic N) is 1. The maximum atomic E-state index is 12.1. The summed E-state index contributed by atoms with van der Waals surface area (Å²) in [5.41, 5.74) is 0.689. The van der Waals surface area contributed by atoms with Crippen molar-refractivity contribution in [2.24, 2.45) is 5.92 Å². The zero-order chi connectivity index (χ0) is 13.1. The number of rotatable bonds is 2. The molecule has 0 aromatic heterocycles. The maximum Gasteiger partial charge on any atom is 0.251 e. The molecule has 1 heterocycles. The van der Waals surface area contributed by atoms with E-state index in [4.69, 9.17) is 0 Å². The number of hydrogen-bond acceptors (Lipinski definition) is 3. The highest BCUT2D eigenvalue weighted by Gasteiger charge is 2.25. The van der Waals surface area contributed by atoms with Gasteiger partial charge in [0.05, 0.1) is 0 Å². The molecule has 1 aliphatic heterocycles. The molecule has 1 aliphatic rings. The van der Waals surface area contributed by atoms with E-state index in [1.807, 2.05) is 18.2 Å². The van der Waals surface area contributed by atoms with Crippen molar-refractivity contribution < 1.29 is 4.79 Å². The van der Waals surface area contributed by atoms with Gasteiger partial charge in [0.25, 0.3) is 5.91 Å². The fraction of sp³-hybridized carbons (Fsp3) is 0.500. The van der Waals surface area contributed by atoms with Crippen molar-refractivity contribution in [3.63, 3.8) is 0 Å². The topological polar surface area (TPSA) is 32.3 Å². The second kappa shape index (κ2) is 5.76. The Kier molecular flexibility index (Phi) is 4.30. The van der Waals surface area contributed by atoms with Crippen LogP contribution in [0.2, 0.25) is 0 Å². The van der Waals surface area contributed by atoms with Crippen molar-refractivity contribution in [2.75, 3.05) is 20.1 Å². The first-order chi connectivity index (χ1) is 8.56. The van der Waals surface area contributed by atoms with Gasteiger partial charge >= 0.3 is 0 Å². The Balaban J connectivity index is 1.99. The molecule has 98 valence electrons. The summed E-state index contributed by atoms with van der Waals surface area (Å²) >= 11 is 4.26. The minimum absolute atomic E-state index is 0.00676. The van der Waals surface area contributed by atoms with E-state index in [1.54, 1.807) is 6.07 Å². The summed E-state index contributed by atoms with van der Waals surface area (Å²) in [7, 11) is 2.12.